The molecule has 1 heterocycles. The zero-order valence-corrected chi connectivity index (χ0v) is 8.94. The standard InChI is InChI=1S/C9H11BrFN/c1-5(2)7-4-8(11)9(10)12-6(7)3/h4-5H,1-3H3. The number of pyridine rings is 1. The van der Waals surface area contributed by atoms with Crippen molar-refractivity contribution in [3.63, 3.8) is 0 Å². The van der Waals surface area contributed by atoms with E-state index in [2.05, 4.69) is 20.9 Å². The molecule has 1 rings (SSSR count). The van der Waals surface area contributed by atoms with Crippen molar-refractivity contribution in [2.24, 2.45) is 0 Å². The zero-order chi connectivity index (χ0) is 9.30. The number of hydrogen-bond acceptors (Lipinski definition) is 1. The van der Waals surface area contributed by atoms with E-state index < -0.39 is 0 Å². The quantitative estimate of drug-likeness (QED) is 0.676. The van der Waals surface area contributed by atoms with E-state index in [0.29, 0.717) is 10.5 Å². The van der Waals surface area contributed by atoms with Crippen molar-refractivity contribution >= 4 is 15.9 Å². The van der Waals surface area contributed by atoms with E-state index in [-0.39, 0.29) is 5.82 Å². The Labute approximate surface area is 80.1 Å². The van der Waals surface area contributed by atoms with Crippen LogP contribution >= 0.6 is 15.9 Å². The van der Waals surface area contributed by atoms with Crippen molar-refractivity contribution in [3.05, 3.63) is 27.7 Å². The third-order valence-corrected chi connectivity index (χ3v) is 2.34. The predicted octanol–water partition coefficient (Wildman–Crippen LogP) is 3.42. The van der Waals surface area contributed by atoms with Gasteiger partial charge in [-0.05, 0) is 40.4 Å². The maximum absolute atomic E-state index is 13.0. The molecule has 12 heavy (non-hydrogen) atoms. The van der Waals surface area contributed by atoms with Crippen molar-refractivity contribution < 1.29 is 4.39 Å². The molecule has 0 aliphatic heterocycles. The Kier molecular flexibility index (Phi) is 2.83. The van der Waals surface area contributed by atoms with Crippen molar-refractivity contribution in [1.82, 2.24) is 4.98 Å². The lowest BCUT2D eigenvalue weighted by Crippen LogP contribution is -1.97. The molecule has 0 atom stereocenters. The van der Waals surface area contributed by atoms with Gasteiger partial charge in [-0.15, -0.1) is 0 Å². The maximum Gasteiger partial charge on any atom is 0.156 e. The minimum absolute atomic E-state index is 0.288. The predicted molar refractivity (Wildman–Crippen MR) is 50.7 cm³/mol. The fourth-order valence-corrected chi connectivity index (χ4v) is 1.53. The normalized spacial score (nSPS) is 10.8. The largest absolute Gasteiger partial charge is 0.243 e. The van der Waals surface area contributed by atoms with Gasteiger partial charge in [0.05, 0.1) is 0 Å². The summed E-state index contributed by atoms with van der Waals surface area (Å²) in [7, 11) is 0. The molecule has 1 nitrogen and oxygen atoms in total. The Hall–Kier alpha value is -0.440. The van der Waals surface area contributed by atoms with Gasteiger partial charge in [0.1, 0.15) is 4.60 Å². The van der Waals surface area contributed by atoms with Crippen molar-refractivity contribution in [2.45, 2.75) is 26.7 Å². The highest BCUT2D eigenvalue weighted by molar-refractivity contribution is 9.10. The third kappa shape index (κ3) is 1.83. The summed E-state index contributed by atoms with van der Waals surface area (Å²) in [6.45, 7) is 5.94. The molecule has 0 saturated heterocycles. The molecule has 0 N–H and O–H groups in total. The summed E-state index contributed by atoms with van der Waals surface area (Å²) in [5.41, 5.74) is 1.86. The number of halogens is 2. The molecule has 0 bridgehead atoms. The van der Waals surface area contributed by atoms with E-state index in [1.54, 1.807) is 0 Å². The van der Waals surface area contributed by atoms with E-state index in [0.717, 1.165) is 11.3 Å². The van der Waals surface area contributed by atoms with Crippen molar-refractivity contribution in [3.8, 4) is 0 Å². The second-order valence-electron chi connectivity index (χ2n) is 3.09. The molecule has 0 spiro atoms. The summed E-state index contributed by atoms with van der Waals surface area (Å²) in [5.74, 6) is 0.0319. The molecule has 0 amide bonds. The van der Waals surface area contributed by atoms with Gasteiger partial charge in [0.15, 0.2) is 5.82 Å². The summed E-state index contributed by atoms with van der Waals surface area (Å²) in [5, 5.41) is 0. The van der Waals surface area contributed by atoms with Gasteiger partial charge < -0.3 is 0 Å². The van der Waals surface area contributed by atoms with E-state index in [1.807, 2.05) is 20.8 Å². The molecular formula is C9H11BrFN. The number of aryl methyl sites for hydroxylation is 1. The van der Waals surface area contributed by atoms with Crippen LogP contribution in [0.15, 0.2) is 10.7 Å². The number of aromatic nitrogens is 1. The second-order valence-corrected chi connectivity index (χ2v) is 3.84. The van der Waals surface area contributed by atoms with Crippen LogP contribution < -0.4 is 0 Å². The van der Waals surface area contributed by atoms with Gasteiger partial charge in [-0.3, -0.25) is 0 Å². The zero-order valence-electron chi connectivity index (χ0n) is 7.36. The van der Waals surface area contributed by atoms with Crippen LogP contribution in [0, 0.1) is 12.7 Å². The number of hydrogen-bond donors (Lipinski definition) is 0. The third-order valence-electron chi connectivity index (χ3n) is 1.78. The highest BCUT2D eigenvalue weighted by Crippen LogP contribution is 2.22. The SMILES string of the molecule is Cc1nc(Br)c(F)cc1C(C)C. The van der Waals surface area contributed by atoms with Gasteiger partial charge in [0.2, 0.25) is 0 Å². The van der Waals surface area contributed by atoms with Gasteiger partial charge >= 0.3 is 0 Å². The molecule has 0 fully saturated rings. The van der Waals surface area contributed by atoms with Gasteiger partial charge in [0.25, 0.3) is 0 Å². The van der Waals surface area contributed by atoms with Crippen LogP contribution in [0.2, 0.25) is 0 Å². The van der Waals surface area contributed by atoms with Crippen LogP contribution in [0.25, 0.3) is 0 Å². The Morgan fingerprint density at radius 1 is 1.50 bits per heavy atom. The number of nitrogens with zero attached hydrogens (tertiary/aromatic N) is 1. The summed E-state index contributed by atoms with van der Waals surface area (Å²) in [4.78, 5) is 4.04. The summed E-state index contributed by atoms with van der Waals surface area (Å²) >= 11 is 3.04. The summed E-state index contributed by atoms with van der Waals surface area (Å²) in [6, 6.07) is 1.54. The molecule has 0 aliphatic rings. The molecule has 3 heteroatoms. The first-order chi connectivity index (χ1) is 5.52. The summed E-state index contributed by atoms with van der Waals surface area (Å²) < 4.78 is 13.3. The van der Waals surface area contributed by atoms with Crippen molar-refractivity contribution in [1.29, 1.82) is 0 Å². The first-order valence-corrected chi connectivity index (χ1v) is 4.64. The van der Waals surface area contributed by atoms with Gasteiger partial charge in [-0.2, -0.15) is 0 Å². The first kappa shape index (κ1) is 9.65. The lowest BCUT2D eigenvalue weighted by molar-refractivity contribution is 0.605. The highest BCUT2D eigenvalue weighted by atomic mass is 79.9. The minimum Gasteiger partial charge on any atom is -0.243 e. The monoisotopic (exact) mass is 231 g/mol. The molecular weight excluding hydrogens is 221 g/mol. The lowest BCUT2D eigenvalue weighted by Gasteiger charge is -2.08. The minimum atomic E-state index is -0.288. The van der Waals surface area contributed by atoms with E-state index >= 15 is 0 Å². The van der Waals surface area contributed by atoms with Crippen LogP contribution in [0.4, 0.5) is 4.39 Å². The Bertz CT molecular complexity index is 297. The lowest BCUT2D eigenvalue weighted by atomic mass is 10.0. The summed E-state index contributed by atoms with van der Waals surface area (Å²) in [6.07, 6.45) is 0. The molecule has 66 valence electrons. The number of rotatable bonds is 1. The molecule has 0 aliphatic carbocycles. The average molecular weight is 232 g/mol. The Morgan fingerprint density at radius 3 is 2.58 bits per heavy atom. The maximum atomic E-state index is 13.0. The smallest absolute Gasteiger partial charge is 0.156 e. The van der Waals surface area contributed by atoms with Gasteiger partial charge in [-0.25, -0.2) is 9.37 Å². The molecule has 1 aromatic heterocycles. The molecule has 0 saturated carbocycles. The average Bonchev–Trinajstić information content (AvgIpc) is 1.96. The highest BCUT2D eigenvalue weighted by Gasteiger charge is 2.09. The fourth-order valence-electron chi connectivity index (χ4n) is 1.15. The topological polar surface area (TPSA) is 12.9 Å². The van der Waals surface area contributed by atoms with Gasteiger partial charge in [0, 0.05) is 5.69 Å². The first-order valence-electron chi connectivity index (χ1n) is 3.85. The van der Waals surface area contributed by atoms with Crippen LogP contribution in [0.3, 0.4) is 0 Å². The fraction of sp³-hybridized carbons (Fsp3) is 0.444. The molecule has 0 unspecified atom stereocenters. The van der Waals surface area contributed by atoms with Crippen LogP contribution in [0.5, 0.6) is 0 Å². The van der Waals surface area contributed by atoms with Crippen LogP contribution in [0.1, 0.15) is 31.0 Å². The Morgan fingerprint density at radius 2 is 2.08 bits per heavy atom. The second kappa shape index (κ2) is 3.52. The van der Waals surface area contributed by atoms with Crippen molar-refractivity contribution in [2.75, 3.05) is 0 Å². The van der Waals surface area contributed by atoms with Gasteiger partial charge in [-0.1, -0.05) is 13.8 Å². The Balaban J connectivity index is 3.23. The van der Waals surface area contributed by atoms with Crippen LogP contribution in [-0.2, 0) is 0 Å². The molecule has 0 radical (unpaired) electrons. The van der Waals surface area contributed by atoms with E-state index in [1.165, 1.54) is 6.07 Å². The van der Waals surface area contributed by atoms with E-state index in [9.17, 15) is 4.39 Å². The van der Waals surface area contributed by atoms with E-state index in [4.69, 9.17) is 0 Å². The molecule has 1 aromatic rings. The molecule has 0 aromatic carbocycles. The van der Waals surface area contributed by atoms with Crippen LogP contribution in [-0.4, -0.2) is 4.98 Å².